The molecule has 1 aliphatic rings. The maximum absolute atomic E-state index is 11.6. The Morgan fingerprint density at radius 1 is 1.45 bits per heavy atom. The standard InChI is InChI=1S/C18H30O2/c1-4-5-6-7-8-11-15(2)14-16(17(19)20)18(3)12-9-10-13-18/h7-9,12,15-16H,4-6,10-11,13-14H2,1-3H3,(H,19,20)/b8-7-/t15-,16?,18+/m0/s1. The summed E-state index contributed by atoms with van der Waals surface area (Å²) in [6.45, 7) is 6.46. The van der Waals surface area contributed by atoms with E-state index in [1.54, 1.807) is 0 Å². The predicted octanol–water partition coefficient (Wildman–Crippen LogP) is 5.21. The van der Waals surface area contributed by atoms with Gasteiger partial charge in [0.1, 0.15) is 0 Å². The summed E-state index contributed by atoms with van der Waals surface area (Å²) in [5, 5.41) is 9.54. The number of aliphatic carboxylic acids is 1. The van der Waals surface area contributed by atoms with E-state index in [1.165, 1.54) is 12.8 Å². The fraction of sp³-hybridized carbons (Fsp3) is 0.722. The summed E-state index contributed by atoms with van der Waals surface area (Å²) in [5.74, 6) is -0.457. The number of rotatable bonds is 9. The third-order valence-electron chi connectivity index (χ3n) is 4.51. The van der Waals surface area contributed by atoms with Gasteiger partial charge in [0.2, 0.25) is 0 Å². The molecule has 0 aromatic carbocycles. The van der Waals surface area contributed by atoms with Crippen LogP contribution in [0.25, 0.3) is 0 Å². The molecule has 0 fully saturated rings. The SMILES string of the molecule is CCCC/C=C\C[C@H](C)CC(C(=O)O)[C@]1(C)C=CCC1. The summed E-state index contributed by atoms with van der Waals surface area (Å²) in [6.07, 6.45) is 16.1. The molecule has 1 unspecified atom stereocenters. The van der Waals surface area contributed by atoms with Gasteiger partial charge < -0.3 is 5.11 Å². The van der Waals surface area contributed by atoms with Gasteiger partial charge in [0, 0.05) is 0 Å². The first-order chi connectivity index (χ1) is 9.49. The van der Waals surface area contributed by atoms with Crippen molar-refractivity contribution in [2.24, 2.45) is 17.3 Å². The van der Waals surface area contributed by atoms with Crippen LogP contribution in [0, 0.1) is 17.3 Å². The molecule has 1 aliphatic carbocycles. The number of carboxylic acid groups (broad SMARTS) is 1. The summed E-state index contributed by atoms with van der Waals surface area (Å²) in [5.41, 5.74) is -0.147. The molecule has 1 rings (SSSR count). The lowest BCUT2D eigenvalue weighted by atomic mass is 9.72. The number of carbonyl (C=O) groups is 1. The highest BCUT2D eigenvalue weighted by atomic mass is 16.4. The van der Waals surface area contributed by atoms with Crippen LogP contribution in [-0.4, -0.2) is 11.1 Å². The minimum Gasteiger partial charge on any atom is -0.481 e. The fourth-order valence-electron chi connectivity index (χ4n) is 3.04. The van der Waals surface area contributed by atoms with Crippen molar-refractivity contribution in [1.29, 1.82) is 0 Å². The van der Waals surface area contributed by atoms with Gasteiger partial charge in [-0.1, -0.05) is 57.9 Å². The van der Waals surface area contributed by atoms with Crippen molar-refractivity contribution in [3.8, 4) is 0 Å². The maximum Gasteiger partial charge on any atom is 0.307 e. The zero-order chi connectivity index (χ0) is 15.0. The van der Waals surface area contributed by atoms with E-state index in [1.807, 2.05) is 0 Å². The molecule has 0 aromatic rings. The van der Waals surface area contributed by atoms with Crippen molar-refractivity contribution >= 4 is 5.97 Å². The van der Waals surface area contributed by atoms with Gasteiger partial charge in [-0.3, -0.25) is 4.79 Å². The molecule has 0 heterocycles. The Morgan fingerprint density at radius 3 is 2.75 bits per heavy atom. The number of carboxylic acids is 1. The van der Waals surface area contributed by atoms with Crippen molar-refractivity contribution < 1.29 is 9.90 Å². The smallest absolute Gasteiger partial charge is 0.307 e. The van der Waals surface area contributed by atoms with Crippen molar-refractivity contribution in [2.75, 3.05) is 0 Å². The minimum atomic E-state index is -0.638. The van der Waals surface area contributed by atoms with E-state index in [-0.39, 0.29) is 11.3 Å². The van der Waals surface area contributed by atoms with Crippen LogP contribution in [0.1, 0.15) is 65.7 Å². The van der Waals surface area contributed by atoms with Gasteiger partial charge in [0.15, 0.2) is 0 Å². The largest absolute Gasteiger partial charge is 0.481 e. The van der Waals surface area contributed by atoms with Gasteiger partial charge in [0.05, 0.1) is 5.92 Å². The van der Waals surface area contributed by atoms with E-state index in [0.717, 1.165) is 32.1 Å². The first kappa shape index (κ1) is 17.0. The third-order valence-corrected chi connectivity index (χ3v) is 4.51. The molecule has 2 heteroatoms. The summed E-state index contributed by atoms with van der Waals surface area (Å²) in [6, 6.07) is 0. The average Bonchev–Trinajstić information content (AvgIpc) is 2.83. The normalized spacial score (nSPS) is 25.1. The molecule has 2 nitrogen and oxygen atoms in total. The van der Waals surface area contributed by atoms with Gasteiger partial charge in [-0.05, 0) is 43.4 Å². The molecular formula is C18H30O2. The average molecular weight is 278 g/mol. The Kier molecular flexibility index (Phi) is 7.04. The number of hydrogen-bond donors (Lipinski definition) is 1. The quantitative estimate of drug-likeness (QED) is 0.464. The molecule has 0 spiro atoms. The topological polar surface area (TPSA) is 37.3 Å². The van der Waals surface area contributed by atoms with Gasteiger partial charge in [-0.25, -0.2) is 0 Å². The first-order valence-corrected chi connectivity index (χ1v) is 8.05. The van der Waals surface area contributed by atoms with E-state index >= 15 is 0 Å². The summed E-state index contributed by atoms with van der Waals surface area (Å²) < 4.78 is 0. The second-order valence-electron chi connectivity index (χ2n) is 6.53. The van der Waals surface area contributed by atoms with Gasteiger partial charge >= 0.3 is 5.97 Å². The zero-order valence-corrected chi connectivity index (χ0v) is 13.3. The molecule has 0 aliphatic heterocycles. The van der Waals surface area contributed by atoms with E-state index in [0.29, 0.717) is 5.92 Å². The minimum absolute atomic E-state index is 0.147. The highest BCUT2D eigenvalue weighted by Gasteiger charge is 2.38. The number of unbranched alkanes of at least 4 members (excludes halogenated alkanes) is 2. The second-order valence-corrected chi connectivity index (χ2v) is 6.53. The Labute approximate surface area is 124 Å². The van der Waals surface area contributed by atoms with E-state index < -0.39 is 5.97 Å². The molecule has 20 heavy (non-hydrogen) atoms. The molecule has 3 atom stereocenters. The Bertz CT molecular complexity index is 356. The lowest BCUT2D eigenvalue weighted by Gasteiger charge is -2.31. The maximum atomic E-state index is 11.6. The van der Waals surface area contributed by atoms with E-state index in [9.17, 15) is 9.90 Å². The van der Waals surface area contributed by atoms with Crippen LogP contribution in [0.15, 0.2) is 24.3 Å². The summed E-state index contributed by atoms with van der Waals surface area (Å²) >= 11 is 0. The molecule has 0 bridgehead atoms. The third kappa shape index (κ3) is 5.15. The van der Waals surface area contributed by atoms with Crippen LogP contribution in [0.4, 0.5) is 0 Å². The van der Waals surface area contributed by atoms with Gasteiger partial charge in [-0.2, -0.15) is 0 Å². The highest BCUT2D eigenvalue weighted by Crippen LogP contribution is 2.42. The van der Waals surface area contributed by atoms with Crippen LogP contribution in [0.3, 0.4) is 0 Å². The molecule has 114 valence electrons. The number of allylic oxidation sites excluding steroid dienone is 4. The number of hydrogen-bond acceptors (Lipinski definition) is 1. The zero-order valence-electron chi connectivity index (χ0n) is 13.3. The van der Waals surface area contributed by atoms with Crippen molar-refractivity contribution in [3.05, 3.63) is 24.3 Å². The summed E-state index contributed by atoms with van der Waals surface area (Å²) in [7, 11) is 0. The molecule has 0 amide bonds. The van der Waals surface area contributed by atoms with Crippen molar-refractivity contribution in [2.45, 2.75) is 65.7 Å². The molecule has 0 aromatic heterocycles. The van der Waals surface area contributed by atoms with E-state index in [2.05, 4.69) is 45.1 Å². The molecule has 1 N–H and O–H groups in total. The molecule has 0 saturated carbocycles. The lowest BCUT2D eigenvalue weighted by Crippen LogP contribution is -2.32. The predicted molar refractivity (Wildman–Crippen MR) is 84.7 cm³/mol. The van der Waals surface area contributed by atoms with Crippen LogP contribution in [-0.2, 0) is 4.79 Å². The van der Waals surface area contributed by atoms with Crippen LogP contribution in [0.2, 0.25) is 0 Å². The summed E-state index contributed by atoms with van der Waals surface area (Å²) in [4.78, 5) is 11.6. The van der Waals surface area contributed by atoms with Gasteiger partial charge in [-0.15, -0.1) is 0 Å². The molecule has 0 radical (unpaired) electrons. The Morgan fingerprint density at radius 2 is 2.20 bits per heavy atom. The lowest BCUT2D eigenvalue weighted by molar-refractivity contribution is -0.146. The Hall–Kier alpha value is -1.05. The molecular weight excluding hydrogens is 248 g/mol. The van der Waals surface area contributed by atoms with Crippen molar-refractivity contribution in [3.63, 3.8) is 0 Å². The highest BCUT2D eigenvalue weighted by molar-refractivity contribution is 5.71. The van der Waals surface area contributed by atoms with Crippen LogP contribution < -0.4 is 0 Å². The fourth-order valence-corrected chi connectivity index (χ4v) is 3.04. The second kappa shape index (κ2) is 8.28. The Balaban J connectivity index is 2.48. The van der Waals surface area contributed by atoms with Gasteiger partial charge in [0.25, 0.3) is 0 Å². The first-order valence-electron chi connectivity index (χ1n) is 8.05. The van der Waals surface area contributed by atoms with E-state index in [4.69, 9.17) is 0 Å². The monoisotopic (exact) mass is 278 g/mol. The van der Waals surface area contributed by atoms with Crippen LogP contribution >= 0.6 is 0 Å². The van der Waals surface area contributed by atoms with Crippen molar-refractivity contribution in [1.82, 2.24) is 0 Å². The van der Waals surface area contributed by atoms with Crippen LogP contribution in [0.5, 0.6) is 0 Å². The molecule has 0 saturated heterocycles.